The van der Waals surface area contributed by atoms with Gasteiger partial charge in [0, 0.05) is 38.4 Å². The molecule has 11 aromatic rings. The SMILES string of the molecule is c1ccc(-c2ccc(C3=NC(c4ccc(-c5ccc6c(c5)oc5c6ccc6c7ccccc7n(-c7ccccc7)c65)cc4)N=C(c4ccc(-c5ccccc5)cc4)N3)cc2)cc1. The van der Waals surface area contributed by atoms with Gasteiger partial charge < -0.3 is 14.3 Å². The van der Waals surface area contributed by atoms with Gasteiger partial charge in [0.05, 0.1) is 11.0 Å². The number of nitrogens with zero attached hydrogens (tertiary/aromatic N) is 3. The van der Waals surface area contributed by atoms with E-state index >= 15 is 0 Å². The largest absolute Gasteiger partial charge is 0.454 e. The second-order valence-electron chi connectivity index (χ2n) is 15.8. The molecule has 2 aromatic heterocycles. The molecule has 292 valence electrons. The van der Waals surface area contributed by atoms with Gasteiger partial charge in [-0.3, -0.25) is 0 Å². The first-order valence-corrected chi connectivity index (χ1v) is 21.0. The van der Waals surface area contributed by atoms with Crippen molar-refractivity contribution in [1.29, 1.82) is 0 Å². The molecule has 0 fully saturated rings. The molecule has 0 unspecified atom stereocenters. The summed E-state index contributed by atoms with van der Waals surface area (Å²) >= 11 is 0. The molecule has 0 atom stereocenters. The average molecular weight is 795 g/mol. The lowest BCUT2D eigenvalue weighted by Gasteiger charge is -2.23. The maximum Gasteiger partial charge on any atom is 0.169 e. The molecule has 12 rings (SSSR count). The maximum atomic E-state index is 6.85. The van der Waals surface area contributed by atoms with Crippen molar-refractivity contribution in [2.75, 3.05) is 0 Å². The van der Waals surface area contributed by atoms with Gasteiger partial charge in [0.2, 0.25) is 0 Å². The Balaban J connectivity index is 0.905. The molecular weight excluding hydrogens is 757 g/mol. The molecule has 0 saturated heterocycles. The van der Waals surface area contributed by atoms with E-state index in [2.05, 4.69) is 216 Å². The van der Waals surface area contributed by atoms with Gasteiger partial charge in [0.25, 0.3) is 0 Å². The molecule has 3 heterocycles. The summed E-state index contributed by atoms with van der Waals surface area (Å²) < 4.78 is 9.18. The Morgan fingerprint density at radius 2 is 0.855 bits per heavy atom. The van der Waals surface area contributed by atoms with Crippen LogP contribution < -0.4 is 5.32 Å². The lowest BCUT2D eigenvalue weighted by Crippen LogP contribution is -2.36. The number of amidine groups is 2. The van der Waals surface area contributed by atoms with E-state index in [0.717, 1.165) is 89.3 Å². The lowest BCUT2D eigenvalue weighted by atomic mass is 10.0. The van der Waals surface area contributed by atoms with Gasteiger partial charge in [-0.25, -0.2) is 9.98 Å². The van der Waals surface area contributed by atoms with E-state index in [0.29, 0.717) is 0 Å². The minimum Gasteiger partial charge on any atom is -0.454 e. The fourth-order valence-electron chi connectivity index (χ4n) is 8.95. The summed E-state index contributed by atoms with van der Waals surface area (Å²) in [7, 11) is 0. The molecule has 0 aliphatic carbocycles. The topological polar surface area (TPSA) is 54.8 Å². The first-order chi connectivity index (χ1) is 30.7. The van der Waals surface area contributed by atoms with E-state index in [1.165, 1.54) is 21.9 Å². The third-order valence-electron chi connectivity index (χ3n) is 12.1. The quantitative estimate of drug-likeness (QED) is 0.175. The minimum absolute atomic E-state index is 0.436. The number of para-hydroxylation sites is 2. The van der Waals surface area contributed by atoms with E-state index in [1.807, 2.05) is 12.1 Å². The highest BCUT2D eigenvalue weighted by Crippen LogP contribution is 2.41. The highest BCUT2D eigenvalue weighted by molar-refractivity contribution is 6.22. The summed E-state index contributed by atoms with van der Waals surface area (Å²) in [6.45, 7) is 0. The van der Waals surface area contributed by atoms with Crippen molar-refractivity contribution in [2.24, 2.45) is 9.98 Å². The number of furan rings is 1. The Morgan fingerprint density at radius 3 is 1.48 bits per heavy atom. The molecule has 5 nitrogen and oxygen atoms in total. The summed E-state index contributed by atoms with van der Waals surface area (Å²) in [5.74, 6) is 1.57. The van der Waals surface area contributed by atoms with Crippen LogP contribution in [0, 0.1) is 0 Å². The molecule has 0 amide bonds. The average Bonchev–Trinajstić information content (AvgIpc) is 3.90. The van der Waals surface area contributed by atoms with E-state index in [1.54, 1.807) is 0 Å². The van der Waals surface area contributed by atoms with Crippen molar-refractivity contribution < 1.29 is 4.42 Å². The fourth-order valence-corrected chi connectivity index (χ4v) is 8.95. The van der Waals surface area contributed by atoms with E-state index < -0.39 is 6.17 Å². The van der Waals surface area contributed by atoms with Crippen LogP contribution in [0.25, 0.3) is 82.8 Å². The second kappa shape index (κ2) is 14.8. The normalized spacial score (nSPS) is 13.1. The number of nitrogens with one attached hydrogen (secondary N) is 1. The smallest absolute Gasteiger partial charge is 0.169 e. The molecule has 0 saturated carbocycles. The molecule has 0 bridgehead atoms. The maximum absolute atomic E-state index is 6.85. The van der Waals surface area contributed by atoms with Crippen molar-refractivity contribution in [1.82, 2.24) is 9.88 Å². The van der Waals surface area contributed by atoms with Gasteiger partial charge in [0.1, 0.15) is 17.3 Å². The Kier molecular flexibility index (Phi) is 8.49. The van der Waals surface area contributed by atoms with Crippen LogP contribution >= 0.6 is 0 Å². The summed E-state index contributed by atoms with van der Waals surface area (Å²) in [6, 6.07) is 76.8. The molecule has 0 spiro atoms. The molecule has 9 aromatic carbocycles. The highest BCUT2D eigenvalue weighted by atomic mass is 16.3. The predicted molar refractivity (Wildman–Crippen MR) is 256 cm³/mol. The van der Waals surface area contributed by atoms with E-state index in [-0.39, 0.29) is 0 Å². The number of aromatic nitrogens is 1. The van der Waals surface area contributed by atoms with Gasteiger partial charge in [-0.1, -0.05) is 182 Å². The number of benzene rings is 9. The van der Waals surface area contributed by atoms with Crippen LogP contribution in [0.15, 0.2) is 233 Å². The van der Waals surface area contributed by atoms with Gasteiger partial charge in [0.15, 0.2) is 11.7 Å². The van der Waals surface area contributed by atoms with Gasteiger partial charge in [-0.05, 0) is 75.3 Å². The third-order valence-corrected chi connectivity index (χ3v) is 12.1. The van der Waals surface area contributed by atoms with Crippen molar-refractivity contribution in [3.63, 3.8) is 0 Å². The van der Waals surface area contributed by atoms with Crippen LogP contribution in [0.4, 0.5) is 0 Å². The zero-order valence-electron chi connectivity index (χ0n) is 33.6. The molecule has 1 aliphatic heterocycles. The first-order valence-electron chi connectivity index (χ1n) is 21.0. The number of hydrogen-bond acceptors (Lipinski definition) is 4. The third kappa shape index (κ3) is 6.18. The first kappa shape index (κ1) is 35.6. The Hall–Kier alpha value is -8.28. The number of hydrogen-bond donors (Lipinski definition) is 1. The molecule has 1 aliphatic rings. The lowest BCUT2D eigenvalue weighted by molar-refractivity contribution is 0.671. The Labute approximate surface area is 358 Å². The monoisotopic (exact) mass is 794 g/mol. The molecule has 62 heavy (non-hydrogen) atoms. The molecule has 1 N–H and O–H groups in total. The van der Waals surface area contributed by atoms with Crippen LogP contribution in [-0.4, -0.2) is 16.2 Å². The number of fused-ring (bicyclic) bond motifs is 7. The number of rotatable bonds is 7. The van der Waals surface area contributed by atoms with Crippen LogP contribution in [0.5, 0.6) is 0 Å². The zero-order chi connectivity index (χ0) is 41.0. The van der Waals surface area contributed by atoms with E-state index in [4.69, 9.17) is 14.4 Å². The summed E-state index contributed by atoms with van der Waals surface area (Å²) in [5.41, 5.74) is 15.0. The van der Waals surface area contributed by atoms with Crippen LogP contribution in [0.1, 0.15) is 22.9 Å². The van der Waals surface area contributed by atoms with Crippen molar-refractivity contribution in [3.8, 4) is 39.1 Å². The van der Waals surface area contributed by atoms with Crippen molar-refractivity contribution in [2.45, 2.75) is 6.17 Å². The fraction of sp³-hybridized carbons (Fsp3) is 0.0175. The predicted octanol–water partition coefficient (Wildman–Crippen LogP) is 14.2. The van der Waals surface area contributed by atoms with Crippen molar-refractivity contribution >= 4 is 55.4 Å². The summed E-state index contributed by atoms with van der Waals surface area (Å²) in [6.07, 6.45) is -0.436. The van der Waals surface area contributed by atoms with Crippen LogP contribution in [-0.2, 0) is 0 Å². The standard InChI is InChI=1S/C57H38N4O/c1-4-12-37(13-5-1)39-20-26-42(27-21-39)55-58-56(43-28-22-40(23-29-43)38-14-6-2-7-15-38)60-57(59-55)44-30-24-41(25-31-44)45-32-33-48-50-35-34-49-47-18-10-11-19-51(47)61(46-16-8-3-9-17-46)53(49)54(50)62-52(48)36-45/h1-36,57H,(H,58,59,60). The molecule has 5 heteroatoms. The highest BCUT2D eigenvalue weighted by Gasteiger charge is 2.22. The molecular formula is C57H38N4O. The van der Waals surface area contributed by atoms with Gasteiger partial charge in [-0.2, -0.15) is 0 Å². The Morgan fingerprint density at radius 1 is 0.387 bits per heavy atom. The van der Waals surface area contributed by atoms with Crippen LogP contribution in [0.2, 0.25) is 0 Å². The zero-order valence-corrected chi connectivity index (χ0v) is 33.6. The van der Waals surface area contributed by atoms with Gasteiger partial charge in [-0.15, -0.1) is 0 Å². The van der Waals surface area contributed by atoms with Crippen LogP contribution in [0.3, 0.4) is 0 Å². The van der Waals surface area contributed by atoms with Gasteiger partial charge >= 0.3 is 0 Å². The number of aliphatic imine (C=N–C) groups is 2. The molecule has 0 radical (unpaired) electrons. The van der Waals surface area contributed by atoms with E-state index in [9.17, 15) is 0 Å². The summed E-state index contributed by atoms with van der Waals surface area (Å²) in [4.78, 5) is 10.4. The summed E-state index contributed by atoms with van der Waals surface area (Å²) in [5, 5.41) is 8.17. The Bertz CT molecular complexity index is 3390. The van der Waals surface area contributed by atoms with Crippen molar-refractivity contribution in [3.05, 3.63) is 235 Å². The second-order valence-corrected chi connectivity index (χ2v) is 15.8. The minimum atomic E-state index is -0.436.